The van der Waals surface area contributed by atoms with Gasteiger partial charge in [0.2, 0.25) is 15.9 Å². The van der Waals surface area contributed by atoms with E-state index in [1.165, 1.54) is 12.1 Å². The van der Waals surface area contributed by atoms with E-state index in [1.54, 1.807) is 4.72 Å². The zero-order valence-electron chi connectivity index (χ0n) is 9.54. The van der Waals surface area contributed by atoms with Crippen molar-refractivity contribution in [3.8, 4) is 0 Å². The number of aliphatic carboxylic acids is 1. The van der Waals surface area contributed by atoms with Crippen LogP contribution in [-0.2, 0) is 19.6 Å². The number of halogens is 1. The SMILES string of the molecule is NC(=O)CC(NS(=O)(=O)c1ccccc1F)C(=O)O. The summed E-state index contributed by atoms with van der Waals surface area (Å²) in [6.07, 6.45) is -0.733. The molecule has 0 radical (unpaired) electrons. The largest absolute Gasteiger partial charge is 0.480 e. The summed E-state index contributed by atoms with van der Waals surface area (Å²) < 4.78 is 38.6. The molecular weight excluding hydrogens is 279 g/mol. The number of carboxylic acids is 1. The number of carboxylic acid groups (broad SMARTS) is 1. The Labute approximate surface area is 108 Å². The number of rotatable bonds is 6. The summed E-state index contributed by atoms with van der Waals surface area (Å²) in [5, 5.41) is 8.77. The van der Waals surface area contributed by atoms with E-state index in [9.17, 15) is 22.4 Å². The maximum absolute atomic E-state index is 13.3. The van der Waals surface area contributed by atoms with Gasteiger partial charge < -0.3 is 10.8 Å². The number of nitrogens with two attached hydrogens (primary N) is 1. The molecule has 0 fully saturated rings. The van der Waals surface area contributed by atoms with Crippen molar-refractivity contribution in [2.75, 3.05) is 0 Å². The maximum atomic E-state index is 13.3. The molecule has 1 aromatic carbocycles. The molecule has 1 amide bonds. The lowest BCUT2D eigenvalue weighted by Gasteiger charge is -2.13. The van der Waals surface area contributed by atoms with Crippen LogP contribution in [0.15, 0.2) is 29.2 Å². The zero-order valence-corrected chi connectivity index (χ0v) is 10.4. The van der Waals surface area contributed by atoms with Crippen LogP contribution < -0.4 is 10.5 Å². The van der Waals surface area contributed by atoms with Crippen molar-refractivity contribution >= 4 is 21.9 Å². The van der Waals surface area contributed by atoms with Crippen molar-refractivity contribution in [3.05, 3.63) is 30.1 Å². The lowest BCUT2D eigenvalue weighted by molar-refractivity contribution is -0.140. The van der Waals surface area contributed by atoms with Gasteiger partial charge in [-0.3, -0.25) is 9.59 Å². The van der Waals surface area contributed by atoms with Crippen LogP contribution in [-0.4, -0.2) is 31.4 Å². The van der Waals surface area contributed by atoms with Gasteiger partial charge >= 0.3 is 5.97 Å². The van der Waals surface area contributed by atoms with Crippen LogP contribution in [0, 0.1) is 5.82 Å². The zero-order chi connectivity index (χ0) is 14.6. The van der Waals surface area contributed by atoms with E-state index in [4.69, 9.17) is 10.8 Å². The van der Waals surface area contributed by atoms with Crippen LogP contribution in [0.1, 0.15) is 6.42 Å². The molecule has 1 rings (SSSR count). The Morgan fingerprint density at radius 3 is 2.42 bits per heavy atom. The van der Waals surface area contributed by atoms with Gasteiger partial charge in [0.05, 0.1) is 6.42 Å². The van der Waals surface area contributed by atoms with Crippen molar-refractivity contribution in [2.24, 2.45) is 5.73 Å². The average Bonchev–Trinajstić information content (AvgIpc) is 2.27. The molecule has 0 aromatic heterocycles. The molecule has 0 heterocycles. The number of amides is 1. The van der Waals surface area contributed by atoms with Crippen LogP contribution in [0.3, 0.4) is 0 Å². The quantitative estimate of drug-likeness (QED) is 0.647. The first-order valence-corrected chi connectivity index (χ1v) is 6.50. The van der Waals surface area contributed by atoms with Crippen molar-refractivity contribution in [2.45, 2.75) is 17.4 Å². The molecule has 0 aliphatic heterocycles. The molecule has 7 nitrogen and oxygen atoms in total. The molecule has 1 atom stereocenters. The van der Waals surface area contributed by atoms with E-state index in [-0.39, 0.29) is 0 Å². The van der Waals surface area contributed by atoms with Crippen LogP contribution >= 0.6 is 0 Å². The van der Waals surface area contributed by atoms with Crippen LogP contribution in [0.4, 0.5) is 4.39 Å². The molecule has 0 spiro atoms. The number of carbonyl (C=O) groups is 2. The van der Waals surface area contributed by atoms with E-state index in [1.807, 2.05) is 0 Å². The smallest absolute Gasteiger partial charge is 0.322 e. The summed E-state index contributed by atoms with van der Waals surface area (Å²) in [5.74, 6) is -3.61. The molecule has 0 bridgehead atoms. The third-order valence-electron chi connectivity index (χ3n) is 2.13. The van der Waals surface area contributed by atoms with Crippen LogP contribution in [0.5, 0.6) is 0 Å². The molecule has 0 aliphatic carbocycles. The van der Waals surface area contributed by atoms with Gasteiger partial charge in [-0.2, -0.15) is 4.72 Å². The predicted octanol–water partition coefficient (Wildman–Crippen LogP) is -0.567. The minimum Gasteiger partial charge on any atom is -0.480 e. The second-order valence-corrected chi connectivity index (χ2v) is 5.30. The van der Waals surface area contributed by atoms with Crippen molar-refractivity contribution < 1.29 is 27.5 Å². The Morgan fingerprint density at radius 1 is 1.37 bits per heavy atom. The molecule has 19 heavy (non-hydrogen) atoms. The Bertz CT molecular complexity index is 602. The monoisotopic (exact) mass is 290 g/mol. The van der Waals surface area contributed by atoms with Crippen molar-refractivity contribution in [3.63, 3.8) is 0 Å². The van der Waals surface area contributed by atoms with Crippen LogP contribution in [0.2, 0.25) is 0 Å². The molecule has 0 saturated heterocycles. The minimum absolute atomic E-state index is 0.703. The first-order chi connectivity index (χ1) is 8.74. The summed E-state index contributed by atoms with van der Waals surface area (Å²) in [4.78, 5) is 20.8. The van der Waals surface area contributed by atoms with E-state index in [0.717, 1.165) is 12.1 Å². The lowest BCUT2D eigenvalue weighted by Crippen LogP contribution is -2.43. The van der Waals surface area contributed by atoms with Gasteiger partial charge in [0.25, 0.3) is 0 Å². The van der Waals surface area contributed by atoms with E-state index in [2.05, 4.69) is 0 Å². The molecule has 0 aliphatic rings. The van der Waals surface area contributed by atoms with Gasteiger partial charge in [0.15, 0.2) is 0 Å². The Morgan fingerprint density at radius 2 is 1.95 bits per heavy atom. The molecule has 1 aromatic rings. The van der Waals surface area contributed by atoms with Gasteiger partial charge in [0, 0.05) is 0 Å². The summed E-state index contributed by atoms with van der Waals surface area (Å²) in [6, 6.07) is 2.70. The van der Waals surface area contributed by atoms with Gasteiger partial charge in [-0.15, -0.1) is 0 Å². The second-order valence-electron chi connectivity index (χ2n) is 3.61. The molecule has 1 unspecified atom stereocenters. The van der Waals surface area contributed by atoms with Crippen molar-refractivity contribution in [1.29, 1.82) is 0 Å². The fourth-order valence-corrected chi connectivity index (χ4v) is 2.56. The highest BCUT2D eigenvalue weighted by molar-refractivity contribution is 7.89. The van der Waals surface area contributed by atoms with Gasteiger partial charge in [-0.05, 0) is 12.1 Å². The third-order valence-corrected chi connectivity index (χ3v) is 3.63. The Balaban J connectivity index is 3.04. The molecule has 0 saturated carbocycles. The first kappa shape index (κ1) is 15.1. The van der Waals surface area contributed by atoms with E-state index >= 15 is 0 Å². The maximum Gasteiger partial charge on any atom is 0.322 e. The summed E-state index contributed by atoms with van der Waals surface area (Å²) in [5.41, 5.74) is 4.81. The Kier molecular flexibility index (Phi) is 4.57. The number of hydrogen-bond acceptors (Lipinski definition) is 4. The summed E-state index contributed by atoms with van der Waals surface area (Å²) >= 11 is 0. The molecule has 9 heteroatoms. The van der Waals surface area contributed by atoms with Gasteiger partial charge in [0.1, 0.15) is 16.8 Å². The molecule has 104 valence electrons. The number of sulfonamides is 1. The summed E-state index contributed by atoms with van der Waals surface area (Å²) in [7, 11) is -4.39. The Hall–Kier alpha value is -2.00. The highest BCUT2D eigenvalue weighted by atomic mass is 32.2. The van der Waals surface area contributed by atoms with Gasteiger partial charge in [-0.1, -0.05) is 12.1 Å². The fraction of sp³-hybridized carbons (Fsp3) is 0.200. The van der Waals surface area contributed by atoms with E-state index < -0.39 is 45.1 Å². The molecule has 4 N–H and O–H groups in total. The topological polar surface area (TPSA) is 127 Å². The predicted molar refractivity (Wildman–Crippen MR) is 62.0 cm³/mol. The highest BCUT2D eigenvalue weighted by Gasteiger charge is 2.28. The average molecular weight is 290 g/mol. The number of nitrogens with one attached hydrogen (secondary N) is 1. The number of carbonyl (C=O) groups excluding carboxylic acids is 1. The minimum atomic E-state index is -4.39. The standard InChI is InChI=1S/C10H11FN2O5S/c11-6-3-1-2-4-8(6)19(17,18)13-7(10(15)16)5-9(12)14/h1-4,7,13H,5H2,(H2,12,14)(H,15,16). The highest BCUT2D eigenvalue weighted by Crippen LogP contribution is 2.14. The summed E-state index contributed by atoms with van der Waals surface area (Å²) in [6.45, 7) is 0. The lowest BCUT2D eigenvalue weighted by atomic mass is 10.2. The second kappa shape index (κ2) is 5.76. The number of benzene rings is 1. The normalized spacial score (nSPS) is 12.9. The van der Waals surface area contributed by atoms with Crippen LogP contribution in [0.25, 0.3) is 0 Å². The van der Waals surface area contributed by atoms with Gasteiger partial charge in [-0.25, -0.2) is 12.8 Å². The third kappa shape index (κ3) is 4.00. The number of hydrogen-bond donors (Lipinski definition) is 3. The van der Waals surface area contributed by atoms with E-state index in [0.29, 0.717) is 0 Å². The fourth-order valence-electron chi connectivity index (χ4n) is 1.29. The number of primary amides is 1. The van der Waals surface area contributed by atoms with Crippen molar-refractivity contribution in [1.82, 2.24) is 4.72 Å². The molecular formula is C10H11FN2O5S. The first-order valence-electron chi connectivity index (χ1n) is 5.02.